The average Bonchev–Trinajstić information content (AvgIpc) is 2.98. The summed E-state index contributed by atoms with van der Waals surface area (Å²) in [5.74, 6) is -0.571. The van der Waals surface area contributed by atoms with Gasteiger partial charge in [-0.25, -0.2) is 4.79 Å². The number of fused-ring (bicyclic) bond motifs is 1. The van der Waals surface area contributed by atoms with Gasteiger partial charge in [-0.15, -0.1) is 0 Å². The number of hydrogen-bond donors (Lipinski definition) is 3. The molecule has 156 valence electrons. The molecular weight excluding hydrogens is 370 g/mol. The number of hydrogen-bond acceptors (Lipinski definition) is 7. The zero-order valence-corrected chi connectivity index (χ0v) is 16.3. The number of aromatic amines is 1. The van der Waals surface area contributed by atoms with E-state index in [1.807, 2.05) is 20.8 Å². The third-order valence-corrected chi connectivity index (χ3v) is 4.85. The van der Waals surface area contributed by atoms with Crippen LogP contribution in [0.15, 0.2) is 15.8 Å². The van der Waals surface area contributed by atoms with Crippen LogP contribution < -0.4 is 16.6 Å². The highest BCUT2D eigenvalue weighted by molar-refractivity contribution is 5.93. The molecule has 2 fully saturated rings. The van der Waals surface area contributed by atoms with Crippen LogP contribution in [0.4, 0.5) is 0 Å². The van der Waals surface area contributed by atoms with Crippen LogP contribution in [0.3, 0.4) is 0 Å². The molecule has 0 aliphatic carbocycles. The number of H-pyrrole nitrogens is 1. The molecule has 28 heavy (non-hydrogen) atoms. The van der Waals surface area contributed by atoms with Gasteiger partial charge in [0.05, 0.1) is 18.8 Å². The number of rotatable bonds is 6. The summed E-state index contributed by atoms with van der Waals surface area (Å²) in [7, 11) is 0. The predicted molar refractivity (Wildman–Crippen MR) is 98.3 cm³/mol. The normalized spacial score (nSPS) is 28.7. The van der Waals surface area contributed by atoms with Crippen LogP contribution >= 0.6 is 0 Å². The minimum Gasteiger partial charge on any atom is -0.394 e. The number of aliphatic hydroxyl groups excluding tert-OH is 1. The first-order valence-electron chi connectivity index (χ1n) is 9.47. The van der Waals surface area contributed by atoms with Gasteiger partial charge in [0.1, 0.15) is 23.9 Å². The Labute approximate surface area is 161 Å². The molecule has 0 aromatic carbocycles. The van der Waals surface area contributed by atoms with Gasteiger partial charge in [-0.05, 0) is 20.3 Å². The zero-order chi connectivity index (χ0) is 20.5. The Hall–Kier alpha value is -2.01. The molecule has 0 spiro atoms. The summed E-state index contributed by atoms with van der Waals surface area (Å²) in [4.78, 5) is 39.0. The topological polar surface area (TPSA) is 132 Å². The number of carbonyl (C=O) groups excluding carboxylic acids is 1. The van der Waals surface area contributed by atoms with Crippen LogP contribution in [0.2, 0.25) is 0 Å². The van der Waals surface area contributed by atoms with Crippen molar-refractivity contribution in [1.82, 2.24) is 14.9 Å². The lowest BCUT2D eigenvalue weighted by molar-refractivity contribution is -0.219. The molecule has 2 aliphatic heterocycles. The Kier molecular flexibility index (Phi) is 6.04. The van der Waals surface area contributed by atoms with Crippen molar-refractivity contribution in [1.29, 1.82) is 0 Å². The highest BCUT2D eigenvalue weighted by Crippen LogP contribution is 2.38. The van der Waals surface area contributed by atoms with Gasteiger partial charge in [0.25, 0.3) is 11.5 Å². The second-order valence-corrected chi connectivity index (χ2v) is 7.68. The molecule has 3 heterocycles. The summed E-state index contributed by atoms with van der Waals surface area (Å²) in [5.41, 5.74) is -2.31. The Morgan fingerprint density at radius 3 is 2.82 bits per heavy atom. The fraction of sp³-hybridized carbons (Fsp3) is 0.722. The van der Waals surface area contributed by atoms with E-state index >= 15 is 0 Å². The molecular formula is C18H27N3O7. The number of unbranched alkanes of at least 4 members (excludes halogenated alkanes) is 1. The van der Waals surface area contributed by atoms with Gasteiger partial charge in [0.15, 0.2) is 6.23 Å². The van der Waals surface area contributed by atoms with Crippen molar-refractivity contribution in [2.24, 2.45) is 0 Å². The van der Waals surface area contributed by atoms with E-state index in [9.17, 15) is 19.5 Å². The molecule has 0 radical (unpaired) electrons. The third-order valence-electron chi connectivity index (χ3n) is 4.85. The maximum atomic E-state index is 12.4. The molecule has 3 rings (SSSR count). The lowest BCUT2D eigenvalue weighted by Gasteiger charge is -2.39. The summed E-state index contributed by atoms with van der Waals surface area (Å²) in [6, 6.07) is 0. The van der Waals surface area contributed by atoms with E-state index in [4.69, 9.17) is 14.2 Å². The van der Waals surface area contributed by atoms with Crippen LogP contribution in [0.5, 0.6) is 0 Å². The summed E-state index contributed by atoms with van der Waals surface area (Å²) >= 11 is 0. The monoisotopic (exact) mass is 397 g/mol. The second kappa shape index (κ2) is 8.16. The molecule has 2 aliphatic rings. The molecule has 2 saturated heterocycles. The largest absolute Gasteiger partial charge is 0.394 e. The van der Waals surface area contributed by atoms with E-state index in [-0.39, 0.29) is 12.2 Å². The van der Waals surface area contributed by atoms with Crippen molar-refractivity contribution in [3.8, 4) is 0 Å². The Balaban J connectivity index is 1.93. The first kappa shape index (κ1) is 20.7. The van der Waals surface area contributed by atoms with Gasteiger partial charge in [0.2, 0.25) is 0 Å². The summed E-state index contributed by atoms with van der Waals surface area (Å²) in [5, 5.41) is 12.3. The van der Waals surface area contributed by atoms with Crippen molar-refractivity contribution in [2.45, 2.75) is 63.8 Å². The molecule has 4 atom stereocenters. The number of nitrogens with one attached hydrogen (secondary N) is 2. The van der Waals surface area contributed by atoms with Crippen LogP contribution in [-0.4, -0.2) is 64.2 Å². The average molecular weight is 397 g/mol. The van der Waals surface area contributed by atoms with Crippen molar-refractivity contribution < 1.29 is 24.1 Å². The molecule has 10 heteroatoms. The van der Waals surface area contributed by atoms with Gasteiger partial charge in [-0.2, -0.15) is 0 Å². The standard InChI is InChI=1S/C18H27N3O7/c1-4-5-6-19-14(23)10-7-21(17(25)20-15(10)24)16-13-12(11(8-22)27-16)26-9-18(2,3)28-13/h7,11-13,16,22H,4-6,8-9H2,1-3H3,(H,19,23)(H,20,24,25)/t11?,12-,13-,16?/m0/s1. The van der Waals surface area contributed by atoms with E-state index in [1.165, 1.54) is 6.20 Å². The minimum absolute atomic E-state index is 0.195. The van der Waals surface area contributed by atoms with Crippen molar-refractivity contribution in [2.75, 3.05) is 19.8 Å². The maximum absolute atomic E-state index is 12.4. The van der Waals surface area contributed by atoms with Crippen LogP contribution in [0, 0.1) is 0 Å². The number of amides is 1. The molecule has 1 amide bonds. The van der Waals surface area contributed by atoms with E-state index in [2.05, 4.69) is 10.3 Å². The summed E-state index contributed by atoms with van der Waals surface area (Å²) in [6.07, 6.45) is -0.0408. The van der Waals surface area contributed by atoms with Crippen molar-refractivity contribution >= 4 is 5.91 Å². The number of carbonyl (C=O) groups is 1. The van der Waals surface area contributed by atoms with Crippen molar-refractivity contribution in [3.63, 3.8) is 0 Å². The Bertz CT molecular complexity index is 831. The van der Waals surface area contributed by atoms with E-state index in [0.29, 0.717) is 13.2 Å². The maximum Gasteiger partial charge on any atom is 0.330 e. The summed E-state index contributed by atoms with van der Waals surface area (Å²) in [6.45, 7) is 6.09. The number of nitrogens with zero attached hydrogens (tertiary/aromatic N) is 1. The quantitative estimate of drug-likeness (QED) is 0.552. The van der Waals surface area contributed by atoms with Crippen LogP contribution in [0.25, 0.3) is 0 Å². The SMILES string of the molecule is CCCCNC(=O)c1cn(C2OC(CO)[C@@H]3OCC(C)(C)O[C@H]23)c(=O)[nH]c1=O. The molecule has 2 unspecified atom stereocenters. The molecule has 3 N–H and O–H groups in total. The number of ether oxygens (including phenoxy) is 3. The van der Waals surface area contributed by atoms with E-state index < -0.39 is 47.3 Å². The fourth-order valence-electron chi connectivity index (χ4n) is 3.42. The molecule has 0 saturated carbocycles. The molecule has 0 bridgehead atoms. The number of aliphatic hydroxyl groups is 1. The molecule has 10 nitrogen and oxygen atoms in total. The van der Waals surface area contributed by atoms with Crippen LogP contribution in [0.1, 0.15) is 50.2 Å². The predicted octanol–water partition coefficient (Wildman–Crippen LogP) is -0.481. The Morgan fingerprint density at radius 2 is 2.14 bits per heavy atom. The van der Waals surface area contributed by atoms with Crippen molar-refractivity contribution in [3.05, 3.63) is 32.6 Å². The molecule has 1 aromatic rings. The first-order chi connectivity index (χ1) is 13.3. The van der Waals surface area contributed by atoms with Gasteiger partial charge in [-0.1, -0.05) is 13.3 Å². The van der Waals surface area contributed by atoms with Crippen LogP contribution in [-0.2, 0) is 14.2 Å². The van der Waals surface area contributed by atoms with Gasteiger partial charge in [-0.3, -0.25) is 19.1 Å². The minimum atomic E-state index is -0.951. The Morgan fingerprint density at radius 1 is 1.39 bits per heavy atom. The smallest absolute Gasteiger partial charge is 0.330 e. The van der Waals surface area contributed by atoms with E-state index in [0.717, 1.165) is 17.4 Å². The lowest BCUT2D eigenvalue weighted by atomic mass is 10.0. The second-order valence-electron chi connectivity index (χ2n) is 7.68. The first-order valence-corrected chi connectivity index (χ1v) is 9.47. The van der Waals surface area contributed by atoms with E-state index in [1.54, 1.807) is 0 Å². The highest BCUT2D eigenvalue weighted by atomic mass is 16.7. The lowest BCUT2D eigenvalue weighted by Crippen LogP contribution is -2.52. The zero-order valence-electron chi connectivity index (χ0n) is 16.3. The highest BCUT2D eigenvalue weighted by Gasteiger charge is 2.52. The third kappa shape index (κ3) is 4.04. The number of aromatic nitrogens is 2. The van der Waals surface area contributed by atoms with Gasteiger partial charge < -0.3 is 24.6 Å². The molecule has 1 aromatic heterocycles. The fourth-order valence-corrected chi connectivity index (χ4v) is 3.42. The van der Waals surface area contributed by atoms with Gasteiger partial charge in [0, 0.05) is 12.7 Å². The summed E-state index contributed by atoms with van der Waals surface area (Å²) < 4.78 is 18.8. The van der Waals surface area contributed by atoms with Gasteiger partial charge >= 0.3 is 5.69 Å².